The highest BCUT2D eigenvalue weighted by Gasteiger charge is 2.34. The van der Waals surface area contributed by atoms with Crippen LogP contribution < -0.4 is 0 Å². The molecule has 2 N–H and O–H groups in total. The minimum atomic E-state index is 0.0542. The molecule has 1 fully saturated rings. The Hall–Kier alpha value is -3.08. The summed E-state index contributed by atoms with van der Waals surface area (Å²) < 4.78 is 0. The largest absolute Gasteiger partial charge is 0.351 e. The van der Waals surface area contributed by atoms with Crippen LogP contribution in [0.5, 0.6) is 0 Å². The number of carbonyl (C=O) groups is 1. The molecule has 4 aromatic rings. The molecule has 0 saturated carbocycles. The Bertz CT molecular complexity index is 989. The summed E-state index contributed by atoms with van der Waals surface area (Å²) in [7, 11) is 0. The average molecular weight is 316 g/mol. The Balaban J connectivity index is 1.34. The lowest BCUT2D eigenvalue weighted by Crippen LogP contribution is -2.48. The monoisotopic (exact) mass is 316 g/mol. The number of hydrogen-bond donors (Lipinski definition) is 2. The molecular formula is C19H16N4O. The molecule has 24 heavy (non-hydrogen) atoms. The number of H-pyrrole nitrogens is 2. The first-order valence-corrected chi connectivity index (χ1v) is 8.09. The molecule has 5 nitrogen and oxygen atoms in total. The van der Waals surface area contributed by atoms with E-state index in [1.54, 1.807) is 0 Å². The van der Waals surface area contributed by atoms with Crippen molar-refractivity contribution in [3.63, 3.8) is 0 Å². The number of fused-ring (bicyclic) bond motifs is 2. The number of para-hydroxylation sites is 3. The molecule has 1 aliphatic rings. The van der Waals surface area contributed by atoms with Crippen LogP contribution in [0.1, 0.15) is 22.2 Å². The van der Waals surface area contributed by atoms with Crippen LogP contribution in [0.25, 0.3) is 21.9 Å². The van der Waals surface area contributed by atoms with E-state index in [1.165, 1.54) is 0 Å². The van der Waals surface area contributed by atoms with E-state index in [0.717, 1.165) is 27.8 Å². The zero-order valence-corrected chi connectivity index (χ0v) is 13.0. The van der Waals surface area contributed by atoms with E-state index in [9.17, 15) is 4.79 Å². The highest BCUT2D eigenvalue weighted by Crippen LogP contribution is 2.28. The third kappa shape index (κ3) is 2.01. The van der Waals surface area contributed by atoms with Crippen molar-refractivity contribution in [2.75, 3.05) is 13.1 Å². The normalized spacial score (nSPS) is 15.1. The predicted molar refractivity (Wildman–Crippen MR) is 93.0 cm³/mol. The molecule has 5 heteroatoms. The number of likely N-dealkylation sites (tertiary alicyclic amines) is 1. The summed E-state index contributed by atoms with van der Waals surface area (Å²) >= 11 is 0. The molecule has 2 aromatic carbocycles. The van der Waals surface area contributed by atoms with Crippen LogP contribution in [0.2, 0.25) is 0 Å². The van der Waals surface area contributed by atoms with Gasteiger partial charge in [-0.25, -0.2) is 4.98 Å². The molecule has 0 unspecified atom stereocenters. The number of imidazole rings is 1. The maximum Gasteiger partial charge on any atom is 0.270 e. The van der Waals surface area contributed by atoms with Crippen LogP contribution in [-0.2, 0) is 0 Å². The molecule has 0 spiro atoms. The van der Waals surface area contributed by atoms with Crippen molar-refractivity contribution < 1.29 is 4.79 Å². The second-order valence-corrected chi connectivity index (χ2v) is 6.32. The van der Waals surface area contributed by atoms with Crippen molar-refractivity contribution in [3.8, 4) is 0 Å². The Labute approximate surface area is 138 Å². The van der Waals surface area contributed by atoms with E-state index in [0.29, 0.717) is 18.8 Å². The van der Waals surface area contributed by atoms with Gasteiger partial charge in [-0.2, -0.15) is 0 Å². The first-order valence-electron chi connectivity index (χ1n) is 8.09. The summed E-state index contributed by atoms with van der Waals surface area (Å²) in [6.07, 6.45) is 0. The van der Waals surface area contributed by atoms with Gasteiger partial charge >= 0.3 is 0 Å². The quantitative estimate of drug-likeness (QED) is 0.596. The van der Waals surface area contributed by atoms with E-state index in [-0.39, 0.29) is 11.8 Å². The van der Waals surface area contributed by atoms with Crippen LogP contribution >= 0.6 is 0 Å². The summed E-state index contributed by atoms with van der Waals surface area (Å²) in [5.41, 5.74) is 3.68. The lowest BCUT2D eigenvalue weighted by molar-refractivity contribution is 0.0590. The van der Waals surface area contributed by atoms with Gasteiger partial charge in [-0.15, -0.1) is 0 Å². The third-order valence-corrected chi connectivity index (χ3v) is 4.72. The minimum Gasteiger partial charge on any atom is -0.351 e. The number of amides is 1. The van der Waals surface area contributed by atoms with Crippen LogP contribution in [0.3, 0.4) is 0 Å². The van der Waals surface area contributed by atoms with Gasteiger partial charge in [0.25, 0.3) is 5.91 Å². The Kier molecular flexibility index (Phi) is 2.76. The number of carbonyl (C=O) groups excluding carboxylic acids is 1. The summed E-state index contributed by atoms with van der Waals surface area (Å²) in [4.78, 5) is 25.7. The topological polar surface area (TPSA) is 64.8 Å². The van der Waals surface area contributed by atoms with Gasteiger partial charge < -0.3 is 14.9 Å². The van der Waals surface area contributed by atoms with Crippen LogP contribution in [0.4, 0.5) is 0 Å². The van der Waals surface area contributed by atoms with Gasteiger partial charge in [-0.1, -0.05) is 30.3 Å². The van der Waals surface area contributed by atoms with E-state index in [2.05, 4.69) is 15.0 Å². The van der Waals surface area contributed by atoms with Gasteiger partial charge in [0.1, 0.15) is 11.5 Å². The fraction of sp³-hybridized carbons (Fsp3) is 0.158. The second-order valence-electron chi connectivity index (χ2n) is 6.32. The first-order chi connectivity index (χ1) is 11.8. The van der Waals surface area contributed by atoms with E-state index in [4.69, 9.17) is 0 Å². The zero-order valence-electron chi connectivity index (χ0n) is 13.0. The molecule has 1 saturated heterocycles. The van der Waals surface area contributed by atoms with Crippen molar-refractivity contribution >= 4 is 27.8 Å². The summed E-state index contributed by atoms with van der Waals surface area (Å²) in [5.74, 6) is 1.31. The van der Waals surface area contributed by atoms with Crippen LogP contribution in [0.15, 0.2) is 54.6 Å². The number of aromatic amines is 2. The zero-order chi connectivity index (χ0) is 16.1. The summed E-state index contributed by atoms with van der Waals surface area (Å²) in [5, 5.41) is 1.07. The number of nitrogens with zero attached hydrogens (tertiary/aromatic N) is 2. The number of rotatable bonds is 2. The fourth-order valence-electron chi connectivity index (χ4n) is 3.34. The molecule has 5 rings (SSSR count). The van der Waals surface area contributed by atoms with E-state index in [1.807, 2.05) is 59.5 Å². The minimum absolute atomic E-state index is 0.0542. The molecule has 0 radical (unpaired) electrons. The van der Waals surface area contributed by atoms with Gasteiger partial charge in [-0.3, -0.25) is 4.79 Å². The smallest absolute Gasteiger partial charge is 0.270 e. The Morgan fingerprint density at radius 1 is 1.00 bits per heavy atom. The maximum atomic E-state index is 12.6. The molecule has 1 aliphatic heterocycles. The number of benzene rings is 2. The third-order valence-electron chi connectivity index (χ3n) is 4.72. The Morgan fingerprint density at radius 2 is 1.75 bits per heavy atom. The molecule has 0 atom stereocenters. The van der Waals surface area contributed by atoms with Gasteiger partial charge in [0, 0.05) is 24.0 Å². The molecule has 2 aromatic heterocycles. The molecule has 0 bridgehead atoms. The number of aromatic nitrogens is 3. The van der Waals surface area contributed by atoms with E-state index < -0.39 is 0 Å². The second kappa shape index (κ2) is 4.96. The van der Waals surface area contributed by atoms with Gasteiger partial charge in [0.15, 0.2) is 0 Å². The average Bonchev–Trinajstić information content (AvgIpc) is 3.17. The van der Waals surface area contributed by atoms with E-state index >= 15 is 0 Å². The summed E-state index contributed by atoms with van der Waals surface area (Å²) in [6, 6.07) is 17.9. The van der Waals surface area contributed by atoms with Gasteiger partial charge in [0.05, 0.1) is 17.0 Å². The van der Waals surface area contributed by atoms with Crippen molar-refractivity contribution in [3.05, 3.63) is 66.1 Å². The lowest BCUT2D eigenvalue weighted by atomic mass is 9.99. The highest BCUT2D eigenvalue weighted by molar-refractivity contribution is 5.98. The van der Waals surface area contributed by atoms with Crippen LogP contribution in [0, 0.1) is 0 Å². The predicted octanol–water partition coefficient (Wildman–Crippen LogP) is 3.28. The standard InChI is InChI=1S/C19H16N4O/c24-19(17-9-12-5-1-2-6-14(12)20-17)23-10-13(11-23)18-21-15-7-3-4-8-16(15)22-18/h1-9,13,20H,10-11H2,(H,21,22). The molecular weight excluding hydrogens is 300 g/mol. The Morgan fingerprint density at radius 3 is 2.54 bits per heavy atom. The summed E-state index contributed by atoms with van der Waals surface area (Å²) in [6.45, 7) is 1.40. The van der Waals surface area contributed by atoms with Crippen molar-refractivity contribution in [1.29, 1.82) is 0 Å². The molecule has 3 heterocycles. The molecule has 1 amide bonds. The molecule has 118 valence electrons. The maximum absolute atomic E-state index is 12.6. The highest BCUT2D eigenvalue weighted by atomic mass is 16.2. The van der Waals surface area contributed by atoms with Gasteiger partial charge in [0.2, 0.25) is 0 Å². The number of hydrogen-bond acceptors (Lipinski definition) is 2. The van der Waals surface area contributed by atoms with Crippen LogP contribution in [-0.4, -0.2) is 38.8 Å². The van der Waals surface area contributed by atoms with Crippen molar-refractivity contribution in [1.82, 2.24) is 19.9 Å². The van der Waals surface area contributed by atoms with Crippen molar-refractivity contribution in [2.45, 2.75) is 5.92 Å². The van der Waals surface area contributed by atoms with Gasteiger partial charge in [-0.05, 0) is 24.3 Å². The SMILES string of the molecule is O=C(c1cc2ccccc2[nH]1)N1CC(c2nc3ccccc3[nH]2)C1. The van der Waals surface area contributed by atoms with Crippen molar-refractivity contribution in [2.24, 2.45) is 0 Å². The first kappa shape index (κ1) is 13.4. The lowest BCUT2D eigenvalue weighted by Gasteiger charge is -2.37. The number of nitrogens with one attached hydrogen (secondary N) is 2. The molecule has 0 aliphatic carbocycles. The fourth-order valence-corrected chi connectivity index (χ4v) is 3.34.